The Morgan fingerprint density at radius 3 is 2.38 bits per heavy atom. The average Bonchev–Trinajstić information content (AvgIpc) is 2.47. The maximum atomic E-state index is 12.4. The highest BCUT2D eigenvalue weighted by Gasteiger charge is 2.21. The van der Waals surface area contributed by atoms with Gasteiger partial charge < -0.3 is 9.84 Å². The van der Waals surface area contributed by atoms with Crippen LogP contribution in [0, 0.1) is 0 Å². The van der Waals surface area contributed by atoms with E-state index in [4.69, 9.17) is 4.74 Å². The van der Waals surface area contributed by atoms with Gasteiger partial charge in [0, 0.05) is 19.7 Å². The number of hydrogen-bond donors (Lipinski definition) is 1. The van der Waals surface area contributed by atoms with Crippen molar-refractivity contribution < 1.29 is 18.3 Å². The highest BCUT2D eigenvalue weighted by Crippen LogP contribution is 2.34. The molecule has 0 aliphatic heterocycles. The maximum absolute atomic E-state index is 12.4. The summed E-state index contributed by atoms with van der Waals surface area (Å²) in [6.45, 7) is 0. The van der Waals surface area contributed by atoms with E-state index in [1.54, 1.807) is 36.4 Å². The number of ether oxygens (including phenoxy) is 1. The minimum atomic E-state index is -3.56. The molecule has 2 rings (SSSR count). The van der Waals surface area contributed by atoms with Crippen molar-refractivity contribution in [3.05, 3.63) is 42.5 Å². The van der Waals surface area contributed by atoms with E-state index < -0.39 is 10.0 Å². The molecule has 0 bridgehead atoms. The first kappa shape index (κ1) is 15.3. The number of phenols is 1. The zero-order valence-electron chi connectivity index (χ0n) is 12.1. The third-order valence-electron chi connectivity index (χ3n) is 3.14. The van der Waals surface area contributed by atoms with E-state index in [9.17, 15) is 13.5 Å². The second-order valence-electron chi connectivity index (χ2n) is 4.67. The standard InChI is InChI=1S/C15H17NO4S/c1-16(2)21(18,19)15-7-5-4-6-12(15)11-8-9-13(17)14(10-11)20-3/h4-10,17H,1-3H3. The van der Waals surface area contributed by atoms with Gasteiger partial charge in [-0.2, -0.15) is 0 Å². The van der Waals surface area contributed by atoms with E-state index in [1.165, 1.54) is 31.6 Å². The molecule has 2 aromatic carbocycles. The van der Waals surface area contributed by atoms with Crippen molar-refractivity contribution in [2.45, 2.75) is 4.90 Å². The van der Waals surface area contributed by atoms with Gasteiger partial charge in [0.25, 0.3) is 0 Å². The molecule has 5 nitrogen and oxygen atoms in total. The molecule has 0 aliphatic carbocycles. The van der Waals surface area contributed by atoms with Gasteiger partial charge in [-0.25, -0.2) is 12.7 Å². The molecule has 0 amide bonds. The third-order valence-corrected chi connectivity index (χ3v) is 5.01. The molecule has 0 aliphatic rings. The Bertz CT molecular complexity index is 754. The van der Waals surface area contributed by atoms with E-state index >= 15 is 0 Å². The van der Waals surface area contributed by atoms with Crippen LogP contribution in [-0.2, 0) is 10.0 Å². The number of methoxy groups -OCH3 is 1. The van der Waals surface area contributed by atoms with E-state index in [1.807, 2.05) is 0 Å². The first-order valence-corrected chi connectivity index (χ1v) is 7.71. The monoisotopic (exact) mass is 307 g/mol. The van der Waals surface area contributed by atoms with Gasteiger partial charge in [-0.15, -0.1) is 0 Å². The van der Waals surface area contributed by atoms with Gasteiger partial charge in [0.15, 0.2) is 11.5 Å². The summed E-state index contributed by atoms with van der Waals surface area (Å²) in [5.41, 5.74) is 1.22. The molecule has 2 aromatic rings. The highest BCUT2D eigenvalue weighted by molar-refractivity contribution is 7.89. The van der Waals surface area contributed by atoms with Gasteiger partial charge in [0.1, 0.15) is 0 Å². The Kier molecular flexibility index (Phi) is 4.20. The van der Waals surface area contributed by atoms with Crippen molar-refractivity contribution >= 4 is 10.0 Å². The lowest BCUT2D eigenvalue weighted by Gasteiger charge is -2.15. The van der Waals surface area contributed by atoms with E-state index in [2.05, 4.69) is 0 Å². The van der Waals surface area contributed by atoms with Crippen LogP contribution >= 0.6 is 0 Å². The molecule has 0 saturated carbocycles. The summed E-state index contributed by atoms with van der Waals surface area (Å²) in [4.78, 5) is 0.211. The third kappa shape index (κ3) is 2.86. The summed E-state index contributed by atoms with van der Waals surface area (Å²) in [5.74, 6) is 0.304. The van der Waals surface area contributed by atoms with E-state index in [-0.39, 0.29) is 10.6 Å². The van der Waals surface area contributed by atoms with Crippen molar-refractivity contribution in [2.24, 2.45) is 0 Å². The Morgan fingerprint density at radius 1 is 1.10 bits per heavy atom. The molecule has 1 N–H and O–H groups in total. The number of hydrogen-bond acceptors (Lipinski definition) is 4. The largest absolute Gasteiger partial charge is 0.504 e. The molecule has 0 spiro atoms. The van der Waals surface area contributed by atoms with Crippen molar-refractivity contribution in [1.29, 1.82) is 0 Å². The number of phenolic OH excluding ortho intramolecular Hbond substituents is 1. The summed E-state index contributed by atoms with van der Waals surface area (Å²) in [6, 6.07) is 11.5. The van der Waals surface area contributed by atoms with Gasteiger partial charge in [0.05, 0.1) is 12.0 Å². The molecule has 0 unspecified atom stereocenters. The van der Waals surface area contributed by atoms with E-state index in [0.29, 0.717) is 16.9 Å². The summed E-state index contributed by atoms with van der Waals surface area (Å²) >= 11 is 0. The topological polar surface area (TPSA) is 66.8 Å². The van der Waals surface area contributed by atoms with Crippen molar-refractivity contribution in [3.63, 3.8) is 0 Å². The number of nitrogens with zero attached hydrogens (tertiary/aromatic N) is 1. The molecule has 0 fully saturated rings. The molecule has 0 saturated heterocycles. The van der Waals surface area contributed by atoms with Gasteiger partial charge in [-0.05, 0) is 23.8 Å². The zero-order valence-corrected chi connectivity index (χ0v) is 12.9. The Labute approximate surface area is 124 Å². The first-order chi connectivity index (χ1) is 9.87. The molecule has 21 heavy (non-hydrogen) atoms. The minimum Gasteiger partial charge on any atom is -0.504 e. The molecule has 0 radical (unpaired) electrons. The predicted molar refractivity (Wildman–Crippen MR) is 81.0 cm³/mol. The summed E-state index contributed by atoms with van der Waals surface area (Å²) in [5, 5.41) is 9.65. The van der Waals surface area contributed by atoms with Crippen LogP contribution in [0.4, 0.5) is 0 Å². The lowest BCUT2D eigenvalue weighted by molar-refractivity contribution is 0.373. The molecular weight excluding hydrogens is 290 g/mol. The smallest absolute Gasteiger partial charge is 0.243 e. The fourth-order valence-corrected chi connectivity index (χ4v) is 3.08. The SMILES string of the molecule is COc1cc(-c2ccccc2S(=O)(=O)N(C)C)ccc1O. The average molecular weight is 307 g/mol. The predicted octanol–water partition coefficient (Wildman–Crippen LogP) is 2.32. The summed E-state index contributed by atoms with van der Waals surface area (Å²) < 4.78 is 31.0. The number of rotatable bonds is 4. The molecule has 112 valence electrons. The van der Waals surface area contributed by atoms with Gasteiger partial charge in [-0.1, -0.05) is 24.3 Å². The first-order valence-electron chi connectivity index (χ1n) is 6.27. The Balaban J connectivity index is 2.66. The van der Waals surface area contributed by atoms with Gasteiger partial charge in [-0.3, -0.25) is 0 Å². The van der Waals surface area contributed by atoms with Crippen molar-refractivity contribution in [1.82, 2.24) is 4.31 Å². The lowest BCUT2D eigenvalue weighted by Crippen LogP contribution is -2.22. The lowest BCUT2D eigenvalue weighted by atomic mass is 10.1. The maximum Gasteiger partial charge on any atom is 0.243 e. The number of aromatic hydroxyl groups is 1. The van der Waals surface area contributed by atoms with Crippen LogP contribution in [0.5, 0.6) is 11.5 Å². The normalized spacial score (nSPS) is 11.6. The summed E-state index contributed by atoms with van der Waals surface area (Å²) in [6.07, 6.45) is 0. The van der Waals surface area contributed by atoms with Crippen LogP contribution in [0.15, 0.2) is 47.4 Å². The second-order valence-corrected chi connectivity index (χ2v) is 6.79. The Morgan fingerprint density at radius 2 is 1.76 bits per heavy atom. The van der Waals surface area contributed by atoms with Crippen LogP contribution in [0.3, 0.4) is 0 Å². The number of benzene rings is 2. The molecule has 6 heteroatoms. The second kappa shape index (κ2) is 5.75. The zero-order chi connectivity index (χ0) is 15.6. The van der Waals surface area contributed by atoms with Crippen LogP contribution in [0.2, 0.25) is 0 Å². The van der Waals surface area contributed by atoms with E-state index in [0.717, 1.165) is 0 Å². The van der Waals surface area contributed by atoms with Crippen molar-refractivity contribution in [2.75, 3.05) is 21.2 Å². The summed E-state index contributed by atoms with van der Waals surface area (Å²) in [7, 11) is 0.870. The minimum absolute atomic E-state index is 0.00852. The fraction of sp³-hybridized carbons (Fsp3) is 0.200. The number of sulfonamides is 1. The fourth-order valence-electron chi connectivity index (χ4n) is 1.97. The van der Waals surface area contributed by atoms with Crippen LogP contribution in [0.25, 0.3) is 11.1 Å². The molecule has 0 atom stereocenters. The van der Waals surface area contributed by atoms with Crippen molar-refractivity contribution in [3.8, 4) is 22.6 Å². The van der Waals surface area contributed by atoms with Crippen LogP contribution in [0.1, 0.15) is 0 Å². The quantitative estimate of drug-likeness (QED) is 0.941. The highest BCUT2D eigenvalue weighted by atomic mass is 32.2. The Hall–Kier alpha value is -2.05. The molecule has 0 aromatic heterocycles. The van der Waals surface area contributed by atoms with Gasteiger partial charge >= 0.3 is 0 Å². The van der Waals surface area contributed by atoms with Crippen LogP contribution < -0.4 is 4.74 Å². The van der Waals surface area contributed by atoms with Crippen LogP contribution in [-0.4, -0.2) is 39.0 Å². The van der Waals surface area contributed by atoms with Gasteiger partial charge in [0.2, 0.25) is 10.0 Å². The molecule has 0 heterocycles. The molecular formula is C15H17NO4S.